The van der Waals surface area contributed by atoms with Gasteiger partial charge < -0.3 is 10.6 Å². The second-order valence-corrected chi connectivity index (χ2v) is 6.98. The quantitative estimate of drug-likeness (QED) is 0.885. The van der Waals surface area contributed by atoms with E-state index in [1.54, 1.807) is 0 Å². The fourth-order valence-electron chi connectivity index (χ4n) is 2.33. The molecule has 1 aromatic carbocycles. The molecular weight excluding hydrogens is 220 g/mol. The van der Waals surface area contributed by atoms with Crippen molar-refractivity contribution in [2.45, 2.75) is 51.1 Å². The van der Waals surface area contributed by atoms with E-state index in [9.17, 15) is 0 Å². The molecule has 0 radical (unpaired) electrons. The highest BCUT2D eigenvalue weighted by Gasteiger charge is 2.38. The van der Waals surface area contributed by atoms with Crippen molar-refractivity contribution in [3.63, 3.8) is 0 Å². The van der Waals surface area contributed by atoms with Gasteiger partial charge in [0.2, 0.25) is 0 Å². The van der Waals surface area contributed by atoms with Crippen LogP contribution in [0.4, 0.5) is 0 Å². The number of nitrogens with two attached hydrogens (primary N) is 1. The summed E-state index contributed by atoms with van der Waals surface area (Å²) < 4.78 is 0. The number of rotatable bonds is 4. The van der Waals surface area contributed by atoms with E-state index in [4.69, 9.17) is 5.73 Å². The molecule has 18 heavy (non-hydrogen) atoms. The largest absolute Gasteiger partial charge is 0.324 e. The molecule has 1 aromatic rings. The Kier molecular flexibility index (Phi) is 3.52. The summed E-state index contributed by atoms with van der Waals surface area (Å²) in [6.07, 6.45) is 2.36. The lowest BCUT2D eigenvalue weighted by Crippen LogP contribution is -2.36. The SMILES string of the molecule is CN(Cc1ccc(C(C)(C)C)cc1)CC1(N)CC1. The van der Waals surface area contributed by atoms with Gasteiger partial charge in [0.15, 0.2) is 0 Å². The van der Waals surface area contributed by atoms with Gasteiger partial charge >= 0.3 is 0 Å². The Morgan fingerprint density at radius 1 is 1.17 bits per heavy atom. The van der Waals surface area contributed by atoms with Gasteiger partial charge in [-0.1, -0.05) is 45.0 Å². The molecule has 2 rings (SSSR count). The minimum atomic E-state index is 0.111. The minimum absolute atomic E-state index is 0.111. The van der Waals surface area contributed by atoms with Crippen LogP contribution >= 0.6 is 0 Å². The van der Waals surface area contributed by atoms with Crippen LogP contribution in [0, 0.1) is 0 Å². The van der Waals surface area contributed by atoms with E-state index in [1.165, 1.54) is 24.0 Å². The topological polar surface area (TPSA) is 29.3 Å². The van der Waals surface area contributed by atoms with Gasteiger partial charge in [-0.05, 0) is 36.4 Å². The van der Waals surface area contributed by atoms with Crippen molar-refractivity contribution in [1.82, 2.24) is 4.90 Å². The molecule has 1 aliphatic rings. The molecule has 0 aromatic heterocycles. The standard InChI is InChI=1S/C16H26N2/c1-15(2,3)14-7-5-13(6-8-14)11-18(4)12-16(17)9-10-16/h5-8H,9-12,17H2,1-4H3. The first-order valence-electron chi connectivity index (χ1n) is 6.85. The summed E-state index contributed by atoms with van der Waals surface area (Å²) in [6, 6.07) is 8.98. The number of benzene rings is 1. The fourth-order valence-corrected chi connectivity index (χ4v) is 2.33. The van der Waals surface area contributed by atoms with Gasteiger partial charge in [-0.15, -0.1) is 0 Å². The lowest BCUT2D eigenvalue weighted by molar-refractivity contribution is 0.295. The van der Waals surface area contributed by atoms with E-state index >= 15 is 0 Å². The van der Waals surface area contributed by atoms with Crippen molar-refractivity contribution in [2.75, 3.05) is 13.6 Å². The molecule has 0 spiro atoms. The molecule has 1 saturated carbocycles. The highest BCUT2D eigenvalue weighted by atomic mass is 15.1. The first kappa shape index (κ1) is 13.6. The average Bonchev–Trinajstić information content (AvgIpc) is 2.95. The predicted octanol–water partition coefficient (Wildman–Crippen LogP) is 2.91. The molecule has 1 fully saturated rings. The summed E-state index contributed by atoms with van der Waals surface area (Å²) in [4.78, 5) is 2.33. The third-order valence-electron chi connectivity index (χ3n) is 3.75. The van der Waals surface area contributed by atoms with E-state index in [2.05, 4.69) is 57.0 Å². The smallest absolute Gasteiger partial charge is 0.0284 e. The molecule has 0 heterocycles. The zero-order valence-corrected chi connectivity index (χ0v) is 12.2. The van der Waals surface area contributed by atoms with Gasteiger partial charge in [0.1, 0.15) is 0 Å². The van der Waals surface area contributed by atoms with Crippen molar-refractivity contribution in [2.24, 2.45) is 5.73 Å². The summed E-state index contributed by atoms with van der Waals surface area (Å²) in [5, 5.41) is 0. The normalized spacial score (nSPS) is 18.1. The van der Waals surface area contributed by atoms with Gasteiger partial charge in [-0.2, -0.15) is 0 Å². The van der Waals surface area contributed by atoms with Gasteiger partial charge in [0, 0.05) is 18.6 Å². The maximum absolute atomic E-state index is 6.14. The highest BCUT2D eigenvalue weighted by molar-refractivity contribution is 5.27. The molecule has 100 valence electrons. The molecular formula is C16H26N2. The predicted molar refractivity (Wildman–Crippen MR) is 77.6 cm³/mol. The fraction of sp³-hybridized carbons (Fsp3) is 0.625. The summed E-state index contributed by atoms with van der Waals surface area (Å²) in [5.41, 5.74) is 9.25. The lowest BCUT2D eigenvalue weighted by atomic mass is 9.87. The molecule has 2 nitrogen and oxygen atoms in total. The Bertz CT molecular complexity index is 396. The third-order valence-corrected chi connectivity index (χ3v) is 3.75. The second kappa shape index (κ2) is 4.67. The van der Waals surface area contributed by atoms with E-state index < -0.39 is 0 Å². The van der Waals surface area contributed by atoms with E-state index in [0.717, 1.165) is 13.1 Å². The molecule has 0 atom stereocenters. The Hall–Kier alpha value is -0.860. The molecule has 0 bridgehead atoms. The zero-order chi connectivity index (χ0) is 13.4. The average molecular weight is 246 g/mol. The van der Waals surface area contributed by atoms with Crippen molar-refractivity contribution in [1.29, 1.82) is 0 Å². The zero-order valence-electron chi connectivity index (χ0n) is 12.2. The van der Waals surface area contributed by atoms with E-state index in [0.29, 0.717) is 0 Å². The summed E-state index contributed by atoms with van der Waals surface area (Å²) in [5.74, 6) is 0. The van der Waals surface area contributed by atoms with Gasteiger partial charge in [-0.3, -0.25) is 0 Å². The van der Waals surface area contributed by atoms with Crippen molar-refractivity contribution < 1.29 is 0 Å². The van der Waals surface area contributed by atoms with Crippen molar-refractivity contribution in [3.05, 3.63) is 35.4 Å². The molecule has 2 heteroatoms. The first-order valence-corrected chi connectivity index (χ1v) is 6.85. The van der Waals surface area contributed by atoms with Crippen LogP contribution < -0.4 is 5.73 Å². The summed E-state index contributed by atoms with van der Waals surface area (Å²) >= 11 is 0. The Morgan fingerprint density at radius 3 is 2.17 bits per heavy atom. The van der Waals surface area contributed by atoms with Crippen LogP contribution in [0.3, 0.4) is 0 Å². The van der Waals surface area contributed by atoms with Crippen molar-refractivity contribution in [3.8, 4) is 0 Å². The summed E-state index contributed by atoms with van der Waals surface area (Å²) in [6.45, 7) is 8.75. The Balaban J connectivity index is 1.93. The molecule has 0 aliphatic heterocycles. The van der Waals surface area contributed by atoms with Crippen LogP contribution in [0.5, 0.6) is 0 Å². The Labute approximate surface area is 111 Å². The van der Waals surface area contributed by atoms with E-state index in [-0.39, 0.29) is 11.0 Å². The molecule has 2 N–H and O–H groups in total. The summed E-state index contributed by atoms with van der Waals surface area (Å²) in [7, 11) is 2.16. The third kappa shape index (κ3) is 3.56. The first-order chi connectivity index (χ1) is 8.28. The molecule has 0 saturated heterocycles. The van der Waals surface area contributed by atoms with Crippen LogP contribution in [-0.2, 0) is 12.0 Å². The number of hydrogen-bond donors (Lipinski definition) is 1. The van der Waals surface area contributed by atoms with Gasteiger partial charge in [-0.25, -0.2) is 0 Å². The van der Waals surface area contributed by atoms with Gasteiger partial charge in [0.05, 0.1) is 0 Å². The monoisotopic (exact) mass is 246 g/mol. The van der Waals surface area contributed by atoms with Crippen molar-refractivity contribution >= 4 is 0 Å². The van der Waals surface area contributed by atoms with Crippen LogP contribution in [0.2, 0.25) is 0 Å². The van der Waals surface area contributed by atoms with Crippen LogP contribution in [0.15, 0.2) is 24.3 Å². The van der Waals surface area contributed by atoms with Crippen LogP contribution in [-0.4, -0.2) is 24.0 Å². The molecule has 0 amide bonds. The molecule has 0 unspecified atom stereocenters. The second-order valence-electron chi connectivity index (χ2n) is 6.98. The van der Waals surface area contributed by atoms with E-state index in [1.807, 2.05) is 0 Å². The van der Waals surface area contributed by atoms with Crippen LogP contribution in [0.1, 0.15) is 44.7 Å². The van der Waals surface area contributed by atoms with Crippen LogP contribution in [0.25, 0.3) is 0 Å². The highest BCUT2D eigenvalue weighted by Crippen LogP contribution is 2.32. The number of nitrogens with zero attached hydrogens (tertiary/aromatic N) is 1. The number of hydrogen-bond acceptors (Lipinski definition) is 2. The maximum atomic E-state index is 6.14. The Morgan fingerprint density at radius 2 is 1.72 bits per heavy atom. The molecule has 1 aliphatic carbocycles. The lowest BCUT2D eigenvalue weighted by Gasteiger charge is -2.22. The van der Waals surface area contributed by atoms with Gasteiger partial charge in [0.25, 0.3) is 0 Å². The minimum Gasteiger partial charge on any atom is -0.324 e. The number of likely N-dealkylation sites (N-methyl/N-ethyl adjacent to an activating group) is 1. The maximum Gasteiger partial charge on any atom is 0.0284 e.